The molecule has 0 aliphatic carbocycles. The van der Waals surface area contributed by atoms with Gasteiger partial charge in [-0.3, -0.25) is 9.78 Å². The zero-order valence-corrected chi connectivity index (χ0v) is 13.1. The van der Waals surface area contributed by atoms with Crippen molar-refractivity contribution in [1.82, 2.24) is 15.2 Å². The summed E-state index contributed by atoms with van der Waals surface area (Å²) in [6, 6.07) is 3.60. The molecular weight excluding hydrogens is 282 g/mol. The van der Waals surface area contributed by atoms with E-state index in [-0.39, 0.29) is 17.6 Å². The Labute approximate surface area is 130 Å². The molecule has 2 fully saturated rings. The number of rotatable bonds is 3. The van der Waals surface area contributed by atoms with Gasteiger partial charge in [0.05, 0.1) is 24.4 Å². The van der Waals surface area contributed by atoms with Crippen LogP contribution in [0.2, 0.25) is 0 Å². The molecule has 2 aliphatic rings. The van der Waals surface area contributed by atoms with Crippen LogP contribution in [0, 0.1) is 0 Å². The van der Waals surface area contributed by atoms with Gasteiger partial charge in [0, 0.05) is 19.3 Å². The van der Waals surface area contributed by atoms with E-state index in [2.05, 4.69) is 10.3 Å². The molecule has 0 saturated carbocycles. The largest absolute Gasteiger partial charge is 0.479 e. The number of nitrogens with zero attached hydrogens (tertiary/aromatic N) is 2. The van der Waals surface area contributed by atoms with Crippen molar-refractivity contribution < 1.29 is 14.3 Å². The Kier molecular flexibility index (Phi) is 4.31. The fourth-order valence-corrected chi connectivity index (χ4v) is 3.28. The minimum atomic E-state index is -0.527. The summed E-state index contributed by atoms with van der Waals surface area (Å²) in [5, 5.41) is 3.33. The number of hydrogen-bond acceptors (Lipinski definition) is 5. The van der Waals surface area contributed by atoms with Gasteiger partial charge in [0.15, 0.2) is 6.10 Å². The predicted octanol–water partition coefficient (Wildman–Crippen LogP) is 0.828. The number of morpholine rings is 1. The number of ether oxygens (including phenoxy) is 2. The second-order valence-corrected chi connectivity index (χ2v) is 6.21. The van der Waals surface area contributed by atoms with Crippen molar-refractivity contribution in [2.24, 2.45) is 0 Å². The minimum Gasteiger partial charge on any atom is -0.479 e. The lowest BCUT2D eigenvalue weighted by molar-refractivity contribution is -0.166. The number of amides is 1. The van der Waals surface area contributed by atoms with E-state index in [1.165, 1.54) is 0 Å². The van der Waals surface area contributed by atoms with Gasteiger partial charge in [-0.15, -0.1) is 0 Å². The fourth-order valence-electron chi connectivity index (χ4n) is 3.28. The van der Waals surface area contributed by atoms with Crippen LogP contribution < -0.4 is 10.1 Å². The molecule has 1 amide bonds. The van der Waals surface area contributed by atoms with Crippen molar-refractivity contribution in [2.75, 3.05) is 26.2 Å². The highest BCUT2D eigenvalue weighted by Crippen LogP contribution is 2.28. The van der Waals surface area contributed by atoms with Gasteiger partial charge in [0.1, 0.15) is 5.75 Å². The molecule has 0 aromatic carbocycles. The Balaban J connectivity index is 1.65. The molecule has 6 nitrogen and oxygen atoms in total. The molecule has 1 spiro atoms. The zero-order valence-electron chi connectivity index (χ0n) is 13.1. The van der Waals surface area contributed by atoms with Gasteiger partial charge in [-0.1, -0.05) is 0 Å². The first kappa shape index (κ1) is 15.2. The SMILES string of the molecule is CC1CN(C(=O)C(C)Oc2cccnc2)CC2(CCNC2)O1. The molecule has 1 aromatic rings. The zero-order chi connectivity index (χ0) is 15.6. The molecule has 3 atom stereocenters. The molecule has 3 heterocycles. The van der Waals surface area contributed by atoms with Crippen LogP contribution in [0.4, 0.5) is 0 Å². The summed E-state index contributed by atoms with van der Waals surface area (Å²) in [5.74, 6) is 0.618. The summed E-state index contributed by atoms with van der Waals surface area (Å²) in [6.45, 7) is 6.79. The molecule has 2 aliphatic heterocycles. The van der Waals surface area contributed by atoms with E-state index in [1.54, 1.807) is 31.5 Å². The number of nitrogens with one attached hydrogen (secondary N) is 1. The molecule has 1 N–H and O–H groups in total. The summed E-state index contributed by atoms with van der Waals surface area (Å²) in [5.41, 5.74) is -0.235. The summed E-state index contributed by atoms with van der Waals surface area (Å²) in [6.07, 6.45) is 3.76. The highest BCUT2D eigenvalue weighted by molar-refractivity contribution is 5.81. The Morgan fingerprint density at radius 2 is 2.50 bits per heavy atom. The predicted molar refractivity (Wildman–Crippen MR) is 81.7 cm³/mol. The first-order valence-corrected chi connectivity index (χ1v) is 7.82. The van der Waals surface area contributed by atoms with E-state index < -0.39 is 6.10 Å². The van der Waals surface area contributed by atoms with Crippen LogP contribution >= 0.6 is 0 Å². The van der Waals surface area contributed by atoms with Crippen molar-refractivity contribution in [2.45, 2.75) is 38.1 Å². The third-order valence-electron chi connectivity index (χ3n) is 4.22. The molecule has 3 unspecified atom stereocenters. The maximum atomic E-state index is 12.7. The van der Waals surface area contributed by atoms with Crippen LogP contribution in [0.25, 0.3) is 0 Å². The molecule has 3 rings (SSSR count). The van der Waals surface area contributed by atoms with Crippen molar-refractivity contribution in [3.63, 3.8) is 0 Å². The quantitative estimate of drug-likeness (QED) is 0.896. The topological polar surface area (TPSA) is 63.7 Å². The smallest absolute Gasteiger partial charge is 0.263 e. The minimum absolute atomic E-state index is 0.00489. The van der Waals surface area contributed by atoms with Gasteiger partial charge in [0.2, 0.25) is 0 Å². The molecule has 2 saturated heterocycles. The molecule has 120 valence electrons. The van der Waals surface area contributed by atoms with Gasteiger partial charge in [0.25, 0.3) is 5.91 Å². The Bertz CT molecular complexity index is 517. The highest BCUT2D eigenvalue weighted by atomic mass is 16.5. The summed E-state index contributed by atoms with van der Waals surface area (Å²) >= 11 is 0. The molecule has 0 radical (unpaired) electrons. The first-order valence-electron chi connectivity index (χ1n) is 7.82. The maximum Gasteiger partial charge on any atom is 0.263 e. The Morgan fingerprint density at radius 1 is 1.64 bits per heavy atom. The number of carbonyl (C=O) groups is 1. The average molecular weight is 305 g/mol. The Morgan fingerprint density at radius 3 is 3.18 bits per heavy atom. The van der Waals surface area contributed by atoms with E-state index in [0.717, 1.165) is 19.5 Å². The maximum absolute atomic E-state index is 12.7. The van der Waals surface area contributed by atoms with Crippen molar-refractivity contribution in [3.8, 4) is 5.75 Å². The van der Waals surface area contributed by atoms with Crippen LogP contribution in [0.1, 0.15) is 20.3 Å². The van der Waals surface area contributed by atoms with Crippen LogP contribution in [-0.4, -0.2) is 59.8 Å². The number of hydrogen-bond donors (Lipinski definition) is 1. The average Bonchev–Trinajstić information content (AvgIpc) is 2.94. The van der Waals surface area contributed by atoms with Gasteiger partial charge in [-0.05, 0) is 38.9 Å². The van der Waals surface area contributed by atoms with Gasteiger partial charge in [-0.2, -0.15) is 0 Å². The molecule has 22 heavy (non-hydrogen) atoms. The van der Waals surface area contributed by atoms with E-state index in [9.17, 15) is 4.79 Å². The van der Waals surface area contributed by atoms with Crippen molar-refractivity contribution in [1.29, 1.82) is 0 Å². The standard InChI is InChI=1S/C16H23N3O3/c1-12-9-19(11-16(22-12)5-7-18-10-16)15(20)13(2)21-14-4-3-6-17-8-14/h3-4,6,8,12-13,18H,5,7,9-11H2,1-2H3. The monoisotopic (exact) mass is 305 g/mol. The summed E-state index contributed by atoms with van der Waals surface area (Å²) in [4.78, 5) is 18.6. The van der Waals surface area contributed by atoms with Crippen molar-refractivity contribution in [3.05, 3.63) is 24.5 Å². The normalized spacial score (nSPS) is 29.5. The highest BCUT2D eigenvalue weighted by Gasteiger charge is 2.43. The molecule has 0 bridgehead atoms. The van der Waals surface area contributed by atoms with Crippen molar-refractivity contribution >= 4 is 5.91 Å². The van der Waals surface area contributed by atoms with E-state index >= 15 is 0 Å². The second-order valence-electron chi connectivity index (χ2n) is 6.21. The van der Waals surface area contributed by atoms with Gasteiger partial charge < -0.3 is 19.7 Å². The van der Waals surface area contributed by atoms with E-state index in [4.69, 9.17) is 9.47 Å². The second kappa shape index (κ2) is 6.22. The number of aromatic nitrogens is 1. The summed E-state index contributed by atoms with van der Waals surface area (Å²) in [7, 11) is 0. The van der Waals surface area contributed by atoms with Gasteiger partial charge in [-0.25, -0.2) is 0 Å². The molecule has 6 heteroatoms. The summed E-state index contributed by atoms with van der Waals surface area (Å²) < 4.78 is 11.8. The Hall–Kier alpha value is -1.66. The fraction of sp³-hybridized carbons (Fsp3) is 0.625. The van der Waals surface area contributed by atoms with E-state index in [1.807, 2.05) is 11.8 Å². The number of pyridine rings is 1. The lowest BCUT2D eigenvalue weighted by Crippen LogP contribution is -2.59. The van der Waals surface area contributed by atoms with Crippen LogP contribution in [0.3, 0.4) is 0 Å². The third-order valence-corrected chi connectivity index (χ3v) is 4.22. The van der Waals surface area contributed by atoms with Crippen LogP contribution in [-0.2, 0) is 9.53 Å². The lowest BCUT2D eigenvalue weighted by atomic mass is 9.99. The van der Waals surface area contributed by atoms with E-state index in [0.29, 0.717) is 18.8 Å². The van der Waals surface area contributed by atoms with Crippen LogP contribution in [0.15, 0.2) is 24.5 Å². The number of carbonyl (C=O) groups excluding carboxylic acids is 1. The molecule has 1 aromatic heterocycles. The van der Waals surface area contributed by atoms with Crippen LogP contribution in [0.5, 0.6) is 5.75 Å². The third kappa shape index (κ3) is 3.23. The first-order chi connectivity index (χ1) is 10.6. The van der Waals surface area contributed by atoms with Gasteiger partial charge >= 0.3 is 0 Å². The molecular formula is C16H23N3O3. The lowest BCUT2D eigenvalue weighted by Gasteiger charge is -2.43.